The highest BCUT2D eigenvalue weighted by Crippen LogP contribution is 2.26. The monoisotopic (exact) mass is 258 g/mol. The third-order valence-electron chi connectivity index (χ3n) is 3.02. The summed E-state index contributed by atoms with van der Waals surface area (Å²) in [6.45, 7) is 6.74. The Morgan fingerprint density at radius 1 is 1.50 bits per heavy atom. The van der Waals surface area contributed by atoms with Crippen LogP contribution in [0.3, 0.4) is 0 Å². The van der Waals surface area contributed by atoms with Crippen molar-refractivity contribution in [3.63, 3.8) is 0 Å². The Morgan fingerprint density at radius 2 is 2.38 bits per heavy atom. The van der Waals surface area contributed by atoms with E-state index in [0.717, 1.165) is 30.2 Å². The lowest BCUT2D eigenvalue weighted by atomic mass is 10.1. The summed E-state index contributed by atoms with van der Waals surface area (Å²) in [5, 5.41) is 5.45. The highest BCUT2D eigenvalue weighted by atomic mass is 32.2. The van der Waals surface area contributed by atoms with Gasteiger partial charge in [0, 0.05) is 11.8 Å². The van der Waals surface area contributed by atoms with Gasteiger partial charge in [0.05, 0.1) is 6.54 Å². The number of thioether (sulfide) groups is 2. The third kappa shape index (κ3) is 3.88. The molecule has 2 aliphatic heterocycles. The number of nitrogens with one attached hydrogen (secondary N) is 1. The van der Waals surface area contributed by atoms with Crippen molar-refractivity contribution >= 4 is 28.7 Å². The van der Waals surface area contributed by atoms with Crippen LogP contribution in [0, 0.1) is 11.8 Å². The van der Waals surface area contributed by atoms with E-state index in [4.69, 9.17) is 0 Å². The van der Waals surface area contributed by atoms with E-state index in [0.29, 0.717) is 0 Å². The molecule has 0 aliphatic carbocycles. The van der Waals surface area contributed by atoms with Crippen molar-refractivity contribution in [3.8, 4) is 0 Å². The van der Waals surface area contributed by atoms with Crippen molar-refractivity contribution in [2.75, 3.05) is 24.6 Å². The Kier molecular flexibility index (Phi) is 4.89. The van der Waals surface area contributed by atoms with Gasteiger partial charge in [-0.2, -0.15) is 11.8 Å². The summed E-state index contributed by atoms with van der Waals surface area (Å²) in [4.78, 5) is 4.59. The fraction of sp³-hybridized carbons (Fsp3) is 0.917. The van der Waals surface area contributed by atoms with Crippen molar-refractivity contribution in [3.05, 3.63) is 0 Å². The molecule has 2 heterocycles. The zero-order chi connectivity index (χ0) is 11.4. The zero-order valence-corrected chi connectivity index (χ0v) is 11.9. The maximum atomic E-state index is 4.59. The van der Waals surface area contributed by atoms with Crippen LogP contribution in [-0.2, 0) is 0 Å². The second-order valence-corrected chi connectivity index (χ2v) is 7.56. The number of rotatable bonds is 4. The van der Waals surface area contributed by atoms with Gasteiger partial charge in [-0.3, -0.25) is 4.99 Å². The molecule has 92 valence electrons. The summed E-state index contributed by atoms with van der Waals surface area (Å²) in [6, 6.07) is 0. The molecule has 1 saturated heterocycles. The lowest BCUT2D eigenvalue weighted by molar-refractivity contribution is 0.574. The minimum Gasteiger partial charge on any atom is -0.365 e. The van der Waals surface area contributed by atoms with Gasteiger partial charge >= 0.3 is 0 Å². The van der Waals surface area contributed by atoms with E-state index < -0.39 is 0 Å². The molecule has 0 amide bonds. The van der Waals surface area contributed by atoms with Crippen LogP contribution in [0.4, 0.5) is 0 Å². The molecule has 1 fully saturated rings. The first-order valence-corrected chi connectivity index (χ1v) is 8.30. The van der Waals surface area contributed by atoms with E-state index in [1.54, 1.807) is 0 Å². The van der Waals surface area contributed by atoms with Crippen molar-refractivity contribution in [2.24, 2.45) is 16.8 Å². The Morgan fingerprint density at radius 3 is 3.06 bits per heavy atom. The average molecular weight is 258 g/mol. The van der Waals surface area contributed by atoms with Crippen LogP contribution in [0.15, 0.2) is 4.99 Å². The van der Waals surface area contributed by atoms with Crippen LogP contribution >= 0.6 is 23.5 Å². The van der Waals surface area contributed by atoms with Crippen LogP contribution in [0.2, 0.25) is 0 Å². The van der Waals surface area contributed by atoms with Crippen molar-refractivity contribution in [1.82, 2.24) is 5.32 Å². The van der Waals surface area contributed by atoms with Gasteiger partial charge in [-0.25, -0.2) is 0 Å². The molecule has 0 aromatic carbocycles. The largest absolute Gasteiger partial charge is 0.365 e. The lowest BCUT2D eigenvalue weighted by Crippen LogP contribution is -2.26. The molecule has 0 aromatic rings. The first-order chi connectivity index (χ1) is 7.74. The highest BCUT2D eigenvalue weighted by Gasteiger charge is 2.22. The molecule has 0 saturated carbocycles. The summed E-state index contributed by atoms with van der Waals surface area (Å²) in [5.74, 6) is 4.35. The lowest BCUT2D eigenvalue weighted by Gasteiger charge is -2.13. The SMILES string of the molecule is CC(C)CC1CN=C(NCC2CCSC2)S1. The average Bonchev–Trinajstić information content (AvgIpc) is 2.84. The fourth-order valence-corrected chi connectivity index (χ4v) is 4.69. The smallest absolute Gasteiger partial charge is 0.156 e. The summed E-state index contributed by atoms with van der Waals surface area (Å²) in [6.07, 6.45) is 2.67. The van der Waals surface area contributed by atoms with Crippen LogP contribution < -0.4 is 5.32 Å². The highest BCUT2D eigenvalue weighted by molar-refractivity contribution is 8.14. The Bertz CT molecular complexity index is 247. The summed E-state index contributed by atoms with van der Waals surface area (Å²) < 4.78 is 0. The molecular formula is C12H22N2S2. The first kappa shape index (κ1) is 12.6. The van der Waals surface area contributed by atoms with Gasteiger partial charge in [-0.15, -0.1) is 0 Å². The van der Waals surface area contributed by atoms with E-state index in [2.05, 4.69) is 35.9 Å². The molecule has 2 rings (SSSR count). The van der Waals surface area contributed by atoms with E-state index in [9.17, 15) is 0 Å². The minimum atomic E-state index is 0.723. The molecule has 16 heavy (non-hydrogen) atoms. The number of hydrogen-bond acceptors (Lipinski definition) is 4. The van der Waals surface area contributed by atoms with E-state index in [1.165, 1.54) is 29.5 Å². The topological polar surface area (TPSA) is 24.4 Å². The zero-order valence-electron chi connectivity index (χ0n) is 10.2. The predicted molar refractivity (Wildman–Crippen MR) is 76.6 cm³/mol. The van der Waals surface area contributed by atoms with Crippen LogP contribution in [-0.4, -0.2) is 35.0 Å². The molecule has 2 atom stereocenters. The summed E-state index contributed by atoms with van der Waals surface area (Å²) in [7, 11) is 0. The second kappa shape index (κ2) is 6.20. The fourth-order valence-electron chi connectivity index (χ4n) is 2.14. The van der Waals surface area contributed by atoms with Crippen molar-refractivity contribution < 1.29 is 0 Å². The molecule has 2 unspecified atom stereocenters. The Balaban J connectivity index is 1.64. The summed E-state index contributed by atoms with van der Waals surface area (Å²) >= 11 is 4.04. The van der Waals surface area contributed by atoms with E-state index in [-0.39, 0.29) is 0 Å². The molecule has 2 nitrogen and oxygen atoms in total. The maximum Gasteiger partial charge on any atom is 0.156 e. The van der Waals surface area contributed by atoms with Crippen molar-refractivity contribution in [1.29, 1.82) is 0 Å². The van der Waals surface area contributed by atoms with Crippen LogP contribution in [0.1, 0.15) is 26.7 Å². The molecule has 0 radical (unpaired) electrons. The van der Waals surface area contributed by atoms with Gasteiger partial charge in [0.2, 0.25) is 0 Å². The first-order valence-electron chi connectivity index (χ1n) is 6.26. The maximum absolute atomic E-state index is 4.59. The molecule has 4 heteroatoms. The Labute approximate surface area is 107 Å². The second-order valence-electron chi connectivity index (χ2n) is 5.13. The normalized spacial score (nSPS) is 29.8. The number of amidine groups is 1. The molecule has 0 bridgehead atoms. The molecule has 2 aliphatic rings. The molecule has 0 spiro atoms. The van der Waals surface area contributed by atoms with Crippen molar-refractivity contribution in [2.45, 2.75) is 31.9 Å². The third-order valence-corrected chi connectivity index (χ3v) is 5.42. The van der Waals surface area contributed by atoms with Gasteiger partial charge in [0.1, 0.15) is 0 Å². The van der Waals surface area contributed by atoms with E-state index >= 15 is 0 Å². The van der Waals surface area contributed by atoms with Gasteiger partial charge in [0.25, 0.3) is 0 Å². The number of aliphatic imine (C=N–C) groups is 1. The molecule has 0 aromatic heterocycles. The summed E-state index contributed by atoms with van der Waals surface area (Å²) in [5.41, 5.74) is 0. The molecule has 1 N–H and O–H groups in total. The van der Waals surface area contributed by atoms with Crippen LogP contribution in [0.5, 0.6) is 0 Å². The van der Waals surface area contributed by atoms with Gasteiger partial charge in [0.15, 0.2) is 5.17 Å². The van der Waals surface area contributed by atoms with Gasteiger partial charge in [-0.05, 0) is 36.2 Å². The molecular weight excluding hydrogens is 236 g/mol. The number of nitrogens with zero attached hydrogens (tertiary/aromatic N) is 1. The van der Waals surface area contributed by atoms with Crippen LogP contribution in [0.25, 0.3) is 0 Å². The number of hydrogen-bond donors (Lipinski definition) is 1. The van der Waals surface area contributed by atoms with Gasteiger partial charge in [-0.1, -0.05) is 25.6 Å². The Hall–Kier alpha value is 0.170. The standard InChI is InChI=1S/C12H22N2S2/c1-9(2)5-11-7-14-12(16-11)13-6-10-3-4-15-8-10/h9-11H,3-8H2,1-2H3,(H,13,14). The quantitative estimate of drug-likeness (QED) is 0.839. The van der Waals surface area contributed by atoms with Gasteiger partial charge < -0.3 is 5.32 Å². The van der Waals surface area contributed by atoms with E-state index in [1.807, 2.05) is 11.8 Å². The predicted octanol–water partition coefficient (Wildman–Crippen LogP) is 2.85. The minimum absolute atomic E-state index is 0.723.